The molecular formula is C32H50N2O5S. The monoisotopic (exact) mass is 574 g/mol. The summed E-state index contributed by atoms with van der Waals surface area (Å²) in [6.07, 6.45) is 0.774. The molecule has 40 heavy (non-hydrogen) atoms. The fraction of sp³-hybridized carbons (Fsp3) is 0.625. The second-order valence-corrected chi connectivity index (χ2v) is 13.4. The second kappa shape index (κ2) is 13.7. The van der Waals surface area contributed by atoms with Gasteiger partial charge in [-0.15, -0.1) is 0 Å². The Morgan fingerprint density at radius 2 is 1.62 bits per heavy atom. The summed E-state index contributed by atoms with van der Waals surface area (Å²) < 4.78 is 28.3. The van der Waals surface area contributed by atoms with Gasteiger partial charge in [0.2, 0.25) is 0 Å². The SMILES string of the molecule is Cc1cc2c(cc1NS(=O)Oc1c(C(C)C)cc(C(C)C)cc1C(C)C)C(CO)CC(C)(C)N2CCOCCO. The summed E-state index contributed by atoms with van der Waals surface area (Å²) in [6, 6.07) is 8.48. The molecule has 2 aromatic rings. The molecule has 0 radical (unpaired) electrons. The number of fused-ring (bicyclic) bond motifs is 1. The standard InChI is InChI=1S/C32H50N2O5S/c1-20(2)24-15-26(21(3)4)31(27(16-24)22(5)6)39-40(37)33-29-17-28-25(19-36)18-32(8,9)34(10-12-38-13-11-35)30(28)14-23(29)7/h14-17,20-22,25,33,35-36H,10-13,18-19H2,1-9H3. The van der Waals surface area contributed by atoms with Gasteiger partial charge in [0.05, 0.1) is 32.1 Å². The van der Waals surface area contributed by atoms with Crippen LogP contribution in [0.3, 0.4) is 0 Å². The molecular weight excluding hydrogens is 524 g/mol. The maximum atomic E-state index is 13.5. The van der Waals surface area contributed by atoms with Crippen molar-refractivity contribution in [1.82, 2.24) is 0 Å². The Balaban J connectivity index is 1.94. The van der Waals surface area contributed by atoms with Crippen LogP contribution in [0.1, 0.15) is 113 Å². The molecule has 0 bridgehead atoms. The van der Waals surface area contributed by atoms with E-state index < -0.39 is 11.3 Å². The van der Waals surface area contributed by atoms with Crippen molar-refractivity contribution in [2.24, 2.45) is 0 Å². The maximum absolute atomic E-state index is 13.5. The smallest absolute Gasteiger partial charge is 0.316 e. The van der Waals surface area contributed by atoms with E-state index in [-0.39, 0.29) is 36.5 Å². The summed E-state index contributed by atoms with van der Waals surface area (Å²) in [5, 5.41) is 19.4. The lowest BCUT2D eigenvalue weighted by Crippen LogP contribution is -2.50. The van der Waals surface area contributed by atoms with E-state index >= 15 is 0 Å². The summed E-state index contributed by atoms with van der Waals surface area (Å²) >= 11 is -1.82. The van der Waals surface area contributed by atoms with Crippen molar-refractivity contribution in [2.45, 2.75) is 97.9 Å². The summed E-state index contributed by atoms with van der Waals surface area (Å²) in [4.78, 5) is 2.32. The van der Waals surface area contributed by atoms with Crippen LogP contribution in [0.25, 0.3) is 0 Å². The molecule has 0 spiro atoms. The van der Waals surface area contributed by atoms with Crippen LogP contribution in [0.4, 0.5) is 11.4 Å². The Labute approximate surface area is 244 Å². The highest BCUT2D eigenvalue weighted by atomic mass is 32.2. The van der Waals surface area contributed by atoms with E-state index in [9.17, 15) is 9.32 Å². The number of benzene rings is 2. The number of nitrogens with one attached hydrogen (secondary N) is 1. The molecule has 0 aliphatic carbocycles. The Morgan fingerprint density at radius 3 is 2.15 bits per heavy atom. The van der Waals surface area contributed by atoms with Crippen LogP contribution >= 0.6 is 0 Å². The number of rotatable bonds is 13. The predicted molar refractivity (Wildman–Crippen MR) is 166 cm³/mol. The number of aliphatic hydroxyl groups excluding tert-OH is 2. The molecule has 224 valence electrons. The van der Waals surface area contributed by atoms with E-state index in [1.54, 1.807) is 0 Å². The molecule has 8 heteroatoms. The number of hydrogen-bond donors (Lipinski definition) is 3. The van der Waals surface area contributed by atoms with E-state index in [1.807, 2.05) is 13.0 Å². The van der Waals surface area contributed by atoms with E-state index in [1.165, 1.54) is 5.56 Å². The van der Waals surface area contributed by atoms with Crippen LogP contribution < -0.4 is 13.8 Å². The van der Waals surface area contributed by atoms with Crippen molar-refractivity contribution in [3.63, 3.8) is 0 Å². The van der Waals surface area contributed by atoms with Gasteiger partial charge in [0.25, 0.3) is 0 Å². The third-order valence-corrected chi connectivity index (χ3v) is 8.63. The fourth-order valence-corrected chi connectivity index (χ4v) is 6.39. The van der Waals surface area contributed by atoms with Crippen molar-refractivity contribution >= 4 is 22.6 Å². The van der Waals surface area contributed by atoms with Gasteiger partial charge in [0.15, 0.2) is 0 Å². The van der Waals surface area contributed by atoms with Crippen molar-refractivity contribution in [3.8, 4) is 5.75 Å². The second-order valence-electron chi connectivity index (χ2n) is 12.5. The van der Waals surface area contributed by atoms with Crippen LogP contribution in [0, 0.1) is 6.92 Å². The number of aryl methyl sites for hydroxylation is 1. The van der Waals surface area contributed by atoms with E-state index in [0.29, 0.717) is 31.4 Å². The van der Waals surface area contributed by atoms with Crippen LogP contribution in [0.15, 0.2) is 24.3 Å². The average Bonchev–Trinajstić information content (AvgIpc) is 2.87. The van der Waals surface area contributed by atoms with Crippen LogP contribution in [-0.4, -0.2) is 52.9 Å². The van der Waals surface area contributed by atoms with Crippen LogP contribution in [0.2, 0.25) is 0 Å². The zero-order chi connectivity index (χ0) is 29.8. The third kappa shape index (κ3) is 7.38. The highest BCUT2D eigenvalue weighted by molar-refractivity contribution is 7.82. The van der Waals surface area contributed by atoms with Gasteiger partial charge in [0.1, 0.15) is 5.75 Å². The number of anilines is 2. The lowest BCUT2D eigenvalue weighted by Gasteiger charge is -2.48. The van der Waals surface area contributed by atoms with E-state index in [2.05, 4.69) is 83.2 Å². The minimum Gasteiger partial charge on any atom is -0.396 e. The molecule has 7 nitrogen and oxygen atoms in total. The molecule has 0 amide bonds. The normalized spacial score (nSPS) is 17.4. The quantitative estimate of drug-likeness (QED) is 0.236. The molecule has 1 heterocycles. The van der Waals surface area contributed by atoms with Crippen molar-refractivity contribution in [2.75, 3.05) is 42.6 Å². The third-order valence-electron chi connectivity index (χ3n) is 7.93. The summed E-state index contributed by atoms with van der Waals surface area (Å²) in [6.45, 7) is 20.8. The molecule has 2 atom stereocenters. The Kier molecular flexibility index (Phi) is 11.1. The summed E-state index contributed by atoms with van der Waals surface area (Å²) in [5.74, 6) is 1.47. The van der Waals surface area contributed by atoms with Crippen LogP contribution in [-0.2, 0) is 16.0 Å². The first kappa shape index (κ1) is 32.4. The van der Waals surface area contributed by atoms with E-state index in [4.69, 9.17) is 14.0 Å². The molecule has 1 aliphatic heterocycles. The zero-order valence-corrected chi connectivity index (χ0v) is 26.7. The minimum absolute atomic E-state index is 0.000885. The molecule has 0 aromatic heterocycles. The zero-order valence-electron chi connectivity index (χ0n) is 25.8. The van der Waals surface area contributed by atoms with Gasteiger partial charge in [-0.3, -0.25) is 4.72 Å². The largest absolute Gasteiger partial charge is 0.396 e. The first-order valence-electron chi connectivity index (χ1n) is 14.6. The van der Waals surface area contributed by atoms with E-state index in [0.717, 1.165) is 40.0 Å². The average molecular weight is 575 g/mol. The minimum atomic E-state index is -1.82. The Hall–Kier alpha value is -2.13. The van der Waals surface area contributed by atoms with Gasteiger partial charge in [0, 0.05) is 23.7 Å². The highest BCUT2D eigenvalue weighted by Gasteiger charge is 2.38. The number of ether oxygens (including phenoxy) is 1. The van der Waals surface area contributed by atoms with Gasteiger partial charge < -0.3 is 24.0 Å². The van der Waals surface area contributed by atoms with Gasteiger partial charge in [-0.1, -0.05) is 53.7 Å². The number of nitrogens with zero attached hydrogens (tertiary/aromatic N) is 1. The molecule has 3 rings (SSSR count). The molecule has 1 aliphatic rings. The lowest BCUT2D eigenvalue weighted by atomic mass is 9.79. The van der Waals surface area contributed by atoms with Gasteiger partial charge in [-0.05, 0) is 84.9 Å². The first-order chi connectivity index (χ1) is 18.8. The molecule has 0 saturated carbocycles. The van der Waals surface area contributed by atoms with Crippen LogP contribution in [0.5, 0.6) is 5.75 Å². The molecule has 3 N–H and O–H groups in total. The van der Waals surface area contributed by atoms with Gasteiger partial charge in [-0.25, -0.2) is 0 Å². The lowest BCUT2D eigenvalue weighted by molar-refractivity contribution is 0.0935. The van der Waals surface area contributed by atoms with Crippen molar-refractivity contribution < 1.29 is 23.3 Å². The van der Waals surface area contributed by atoms with Crippen molar-refractivity contribution in [3.05, 3.63) is 52.1 Å². The van der Waals surface area contributed by atoms with Gasteiger partial charge >= 0.3 is 11.3 Å². The number of aliphatic hydroxyl groups is 2. The summed E-state index contributed by atoms with van der Waals surface area (Å²) in [5.41, 5.74) is 6.93. The topological polar surface area (TPSA) is 91.3 Å². The molecule has 0 fully saturated rings. The number of hydrogen-bond acceptors (Lipinski definition) is 6. The maximum Gasteiger partial charge on any atom is 0.316 e. The molecule has 0 saturated heterocycles. The van der Waals surface area contributed by atoms with Gasteiger partial charge in [-0.2, -0.15) is 4.21 Å². The highest BCUT2D eigenvalue weighted by Crippen LogP contribution is 2.45. The Morgan fingerprint density at radius 1 is 1.00 bits per heavy atom. The fourth-order valence-electron chi connectivity index (χ4n) is 5.61. The Bertz CT molecular complexity index is 1150. The van der Waals surface area contributed by atoms with Crippen molar-refractivity contribution in [1.29, 1.82) is 0 Å². The molecule has 2 unspecified atom stereocenters. The first-order valence-corrected chi connectivity index (χ1v) is 15.6. The molecule has 2 aromatic carbocycles. The summed E-state index contributed by atoms with van der Waals surface area (Å²) in [7, 11) is 0. The predicted octanol–water partition coefficient (Wildman–Crippen LogP) is 6.51.